The highest BCUT2D eigenvalue weighted by molar-refractivity contribution is 7.89. The molecule has 0 aliphatic heterocycles. The van der Waals surface area contributed by atoms with Gasteiger partial charge in [-0.15, -0.1) is 0 Å². The molecule has 0 atom stereocenters. The third kappa shape index (κ3) is 4.96. The molecule has 1 N–H and O–H groups in total. The number of pyridine rings is 1. The number of halogens is 3. The summed E-state index contributed by atoms with van der Waals surface area (Å²) in [6.07, 6.45) is 1.94. The minimum absolute atomic E-state index is 0.0341. The first-order chi connectivity index (χ1) is 10.8. The van der Waals surface area contributed by atoms with Crippen molar-refractivity contribution in [2.45, 2.75) is 17.9 Å². The second kappa shape index (κ2) is 7.68. The summed E-state index contributed by atoms with van der Waals surface area (Å²) in [6.45, 7) is 0.519. The Morgan fingerprint density at radius 2 is 1.78 bits per heavy atom. The van der Waals surface area contributed by atoms with E-state index in [1.165, 1.54) is 41.1 Å². The SMILES string of the molecule is O=c1ccc(Cl)cn1CCCNS(=O)(=O)c1ccc(Cl)c(Cl)c1. The summed E-state index contributed by atoms with van der Waals surface area (Å²) in [7, 11) is -3.68. The highest BCUT2D eigenvalue weighted by Gasteiger charge is 2.14. The number of rotatable bonds is 6. The quantitative estimate of drug-likeness (QED) is 0.764. The molecule has 0 spiro atoms. The fraction of sp³-hybridized carbons (Fsp3) is 0.214. The lowest BCUT2D eigenvalue weighted by molar-refractivity contribution is 0.567. The van der Waals surface area contributed by atoms with Crippen molar-refractivity contribution in [3.63, 3.8) is 0 Å². The molecule has 0 saturated carbocycles. The maximum absolute atomic E-state index is 12.1. The van der Waals surface area contributed by atoms with Gasteiger partial charge in [-0.3, -0.25) is 4.79 Å². The Kier molecular flexibility index (Phi) is 6.11. The number of sulfonamides is 1. The Labute approximate surface area is 148 Å². The highest BCUT2D eigenvalue weighted by atomic mass is 35.5. The molecule has 9 heteroatoms. The molecule has 0 radical (unpaired) electrons. The van der Waals surface area contributed by atoms with E-state index in [2.05, 4.69) is 4.72 Å². The Hall–Kier alpha value is -1.05. The second-order valence-corrected chi connectivity index (χ2v) is 7.72. The molecule has 0 aliphatic rings. The average molecular weight is 396 g/mol. The molecule has 0 saturated heterocycles. The first-order valence-corrected chi connectivity index (χ1v) is 9.22. The van der Waals surface area contributed by atoms with Gasteiger partial charge in [0.15, 0.2) is 0 Å². The number of nitrogens with zero attached hydrogens (tertiary/aromatic N) is 1. The van der Waals surface area contributed by atoms with E-state index in [0.29, 0.717) is 18.0 Å². The molecular weight excluding hydrogens is 383 g/mol. The van der Waals surface area contributed by atoms with Crippen LogP contribution in [-0.4, -0.2) is 19.5 Å². The van der Waals surface area contributed by atoms with E-state index >= 15 is 0 Å². The molecule has 1 aromatic carbocycles. The van der Waals surface area contributed by atoms with Crippen molar-refractivity contribution in [1.82, 2.24) is 9.29 Å². The smallest absolute Gasteiger partial charge is 0.250 e. The fourth-order valence-electron chi connectivity index (χ4n) is 1.86. The fourth-order valence-corrected chi connectivity index (χ4v) is 3.50. The number of aryl methyl sites for hydroxylation is 1. The van der Waals surface area contributed by atoms with Crippen LogP contribution in [0.4, 0.5) is 0 Å². The van der Waals surface area contributed by atoms with E-state index in [-0.39, 0.29) is 27.0 Å². The van der Waals surface area contributed by atoms with E-state index in [9.17, 15) is 13.2 Å². The van der Waals surface area contributed by atoms with Crippen LogP contribution in [0.5, 0.6) is 0 Å². The summed E-state index contributed by atoms with van der Waals surface area (Å²) in [6, 6.07) is 6.95. The zero-order chi connectivity index (χ0) is 17.0. The minimum Gasteiger partial charge on any atom is -0.314 e. The van der Waals surface area contributed by atoms with Crippen LogP contribution >= 0.6 is 34.8 Å². The number of benzene rings is 1. The van der Waals surface area contributed by atoms with Gasteiger partial charge in [-0.2, -0.15) is 0 Å². The Bertz CT molecular complexity index is 866. The van der Waals surface area contributed by atoms with Crippen LogP contribution < -0.4 is 10.3 Å². The Morgan fingerprint density at radius 1 is 1.04 bits per heavy atom. The normalized spacial score (nSPS) is 11.6. The maximum atomic E-state index is 12.1. The van der Waals surface area contributed by atoms with Gasteiger partial charge in [0.1, 0.15) is 0 Å². The molecule has 0 amide bonds. The maximum Gasteiger partial charge on any atom is 0.250 e. The van der Waals surface area contributed by atoms with Crippen molar-refractivity contribution < 1.29 is 8.42 Å². The van der Waals surface area contributed by atoms with Crippen LogP contribution in [0.2, 0.25) is 15.1 Å². The van der Waals surface area contributed by atoms with Gasteiger partial charge >= 0.3 is 0 Å². The lowest BCUT2D eigenvalue weighted by Crippen LogP contribution is -2.27. The van der Waals surface area contributed by atoms with Crippen LogP contribution in [0.3, 0.4) is 0 Å². The van der Waals surface area contributed by atoms with Crippen molar-refractivity contribution in [3.05, 3.63) is 62.0 Å². The lowest BCUT2D eigenvalue weighted by Gasteiger charge is -2.09. The third-order valence-corrected chi connectivity index (χ3v) is 5.44. The molecule has 0 aliphatic carbocycles. The van der Waals surface area contributed by atoms with Crippen molar-refractivity contribution >= 4 is 44.8 Å². The molecule has 0 unspecified atom stereocenters. The van der Waals surface area contributed by atoms with E-state index in [1.54, 1.807) is 0 Å². The van der Waals surface area contributed by atoms with Crippen LogP contribution in [0.15, 0.2) is 46.2 Å². The summed E-state index contributed by atoms with van der Waals surface area (Å²) in [4.78, 5) is 11.6. The Balaban J connectivity index is 1.96. The van der Waals surface area contributed by atoms with E-state index < -0.39 is 10.0 Å². The van der Waals surface area contributed by atoms with Gasteiger partial charge < -0.3 is 4.57 Å². The van der Waals surface area contributed by atoms with Crippen molar-refractivity contribution in [2.75, 3.05) is 6.54 Å². The van der Waals surface area contributed by atoms with Crippen LogP contribution in [0.1, 0.15) is 6.42 Å². The summed E-state index contributed by atoms with van der Waals surface area (Å²) in [5, 5.41) is 0.895. The van der Waals surface area contributed by atoms with Gasteiger partial charge in [-0.05, 0) is 30.7 Å². The van der Waals surface area contributed by atoms with E-state index in [0.717, 1.165) is 0 Å². The molecule has 124 valence electrons. The minimum atomic E-state index is -3.68. The topological polar surface area (TPSA) is 68.2 Å². The summed E-state index contributed by atoms with van der Waals surface area (Å²) < 4.78 is 28.1. The summed E-state index contributed by atoms with van der Waals surface area (Å²) in [5.41, 5.74) is -0.193. The molecule has 1 aromatic heterocycles. The predicted octanol–water partition coefficient (Wildman–Crippen LogP) is 3.18. The second-order valence-electron chi connectivity index (χ2n) is 4.71. The first-order valence-electron chi connectivity index (χ1n) is 6.60. The molecule has 1 heterocycles. The average Bonchev–Trinajstić information content (AvgIpc) is 2.49. The zero-order valence-corrected chi connectivity index (χ0v) is 14.9. The summed E-state index contributed by atoms with van der Waals surface area (Å²) >= 11 is 17.4. The van der Waals surface area contributed by atoms with Gasteiger partial charge in [-0.1, -0.05) is 34.8 Å². The van der Waals surface area contributed by atoms with Crippen LogP contribution in [-0.2, 0) is 16.6 Å². The van der Waals surface area contributed by atoms with Gasteiger partial charge in [0.05, 0.1) is 20.0 Å². The van der Waals surface area contributed by atoms with Gasteiger partial charge in [0.25, 0.3) is 5.56 Å². The van der Waals surface area contributed by atoms with Crippen molar-refractivity contribution in [3.8, 4) is 0 Å². The standard InChI is InChI=1S/C14H13Cl3N2O3S/c15-10-2-5-14(20)19(9-10)7-1-6-18-23(21,22)11-3-4-12(16)13(17)8-11/h2-5,8-9,18H,1,6-7H2. The molecule has 2 rings (SSSR count). The zero-order valence-electron chi connectivity index (χ0n) is 11.8. The molecule has 0 fully saturated rings. The van der Waals surface area contributed by atoms with Crippen LogP contribution in [0, 0.1) is 0 Å². The van der Waals surface area contributed by atoms with E-state index in [4.69, 9.17) is 34.8 Å². The lowest BCUT2D eigenvalue weighted by atomic mass is 10.4. The summed E-state index contributed by atoms with van der Waals surface area (Å²) in [5.74, 6) is 0. The first kappa shape index (κ1) is 18.3. The Morgan fingerprint density at radius 3 is 2.48 bits per heavy atom. The largest absolute Gasteiger partial charge is 0.314 e. The number of hydrogen-bond donors (Lipinski definition) is 1. The number of nitrogens with one attached hydrogen (secondary N) is 1. The molecule has 0 bridgehead atoms. The molecular formula is C14H13Cl3N2O3S. The monoisotopic (exact) mass is 394 g/mol. The number of hydrogen-bond acceptors (Lipinski definition) is 3. The van der Waals surface area contributed by atoms with Gasteiger partial charge in [0.2, 0.25) is 10.0 Å². The number of aromatic nitrogens is 1. The van der Waals surface area contributed by atoms with Crippen molar-refractivity contribution in [2.24, 2.45) is 0 Å². The highest BCUT2D eigenvalue weighted by Crippen LogP contribution is 2.24. The van der Waals surface area contributed by atoms with Crippen LogP contribution in [0.25, 0.3) is 0 Å². The molecule has 23 heavy (non-hydrogen) atoms. The van der Waals surface area contributed by atoms with E-state index in [1.807, 2.05) is 0 Å². The third-order valence-electron chi connectivity index (χ3n) is 3.02. The van der Waals surface area contributed by atoms with Gasteiger partial charge in [0, 0.05) is 25.4 Å². The molecule has 5 nitrogen and oxygen atoms in total. The molecule has 2 aromatic rings. The van der Waals surface area contributed by atoms with Crippen molar-refractivity contribution in [1.29, 1.82) is 0 Å². The predicted molar refractivity (Wildman–Crippen MR) is 92.0 cm³/mol. The van der Waals surface area contributed by atoms with Gasteiger partial charge in [-0.25, -0.2) is 13.1 Å².